The Morgan fingerprint density at radius 2 is 1.88 bits per heavy atom. The third-order valence-corrected chi connectivity index (χ3v) is 3.16. The summed E-state index contributed by atoms with van der Waals surface area (Å²) in [7, 11) is -3.25. The number of hydrogen-bond donors (Lipinski definition) is 1. The summed E-state index contributed by atoms with van der Waals surface area (Å²) in [5, 5.41) is 0. The van der Waals surface area contributed by atoms with Gasteiger partial charge in [-0.15, -0.1) is 0 Å². The third-order valence-electron chi connectivity index (χ3n) is 2.56. The molecule has 0 spiro atoms. The van der Waals surface area contributed by atoms with Crippen molar-refractivity contribution in [3.63, 3.8) is 0 Å². The van der Waals surface area contributed by atoms with Crippen molar-refractivity contribution in [3.8, 4) is 0 Å². The molecular weight excluding hydrogens is 240 g/mol. The summed E-state index contributed by atoms with van der Waals surface area (Å²) in [4.78, 5) is 13.2. The van der Waals surface area contributed by atoms with Gasteiger partial charge in [0, 0.05) is 24.3 Å². The van der Waals surface area contributed by atoms with Gasteiger partial charge in [-0.25, -0.2) is 8.42 Å². The highest BCUT2D eigenvalue weighted by atomic mass is 32.2. The fraction of sp³-hybridized carbons (Fsp3) is 0.364. The molecule has 0 saturated carbocycles. The molecule has 5 nitrogen and oxygen atoms in total. The quantitative estimate of drug-likeness (QED) is 0.881. The van der Waals surface area contributed by atoms with Crippen LogP contribution in [-0.4, -0.2) is 27.1 Å². The van der Waals surface area contributed by atoms with E-state index in [0.29, 0.717) is 12.1 Å². The van der Waals surface area contributed by atoms with E-state index in [2.05, 4.69) is 4.72 Å². The Morgan fingerprint density at radius 1 is 1.24 bits per heavy atom. The van der Waals surface area contributed by atoms with Gasteiger partial charge in [0.15, 0.2) is 0 Å². The Morgan fingerprint density at radius 3 is 2.35 bits per heavy atom. The largest absolute Gasteiger partial charge is 0.312 e. The minimum atomic E-state index is -3.25. The molecule has 1 aromatic carbocycles. The molecule has 92 valence electrons. The monoisotopic (exact) mass is 254 g/mol. The number of anilines is 2. The topological polar surface area (TPSA) is 66.5 Å². The van der Waals surface area contributed by atoms with Crippen LogP contribution in [0.3, 0.4) is 0 Å². The van der Waals surface area contributed by atoms with Crippen LogP contribution < -0.4 is 9.62 Å². The number of benzene rings is 1. The number of nitrogens with zero attached hydrogens (tertiary/aromatic N) is 1. The molecule has 2 rings (SSSR count). The summed E-state index contributed by atoms with van der Waals surface area (Å²) in [5.74, 6) is 0.119. The van der Waals surface area contributed by atoms with Crippen LogP contribution in [0, 0.1) is 0 Å². The second-order valence-corrected chi connectivity index (χ2v) is 5.82. The van der Waals surface area contributed by atoms with Gasteiger partial charge in [-0.1, -0.05) is 0 Å². The van der Waals surface area contributed by atoms with Crippen molar-refractivity contribution < 1.29 is 13.2 Å². The third kappa shape index (κ3) is 2.97. The van der Waals surface area contributed by atoms with E-state index in [1.165, 1.54) is 0 Å². The van der Waals surface area contributed by atoms with E-state index in [4.69, 9.17) is 0 Å². The molecule has 0 aliphatic carbocycles. The lowest BCUT2D eigenvalue weighted by molar-refractivity contribution is -0.117. The number of carbonyl (C=O) groups excluding carboxylic acids is 1. The van der Waals surface area contributed by atoms with Crippen LogP contribution >= 0.6 is 0 Å². The number of amides is 1. The molecule has 0 unspecified atom stereocenters. The molecule has 17 heavy (non-hydrogen) atoms. The van der Waals surface area contributed by atoms with Crippen molar-refractivity contribution in [2.45, 2.75) is 12.8 Å². The van der Waals surface area contributed by atoms with E-state index in [9.17, 15) is 13.2 Å². The maximum Gasteiger partial charge on any atom is 0.229 e. The van der Waals surface area contributed by atoms with Crippen molar-refractivity contribution in [1.29, 1.82) is 0 Å². The Hall–Kier alpha value is -1.56. The second-order valence-electron chi connectivity index (χ2n) is 4.07. The summed E-state index contributed by atoms with van der Waals surface area (Å²) in [6, 6.07) is 6.80. The van der Waals surface area contributed by atoms with E-state index in [1.807, 2.05) is 0 Å². The van der Waals surface area contributed by atoms with Gasteiger partial charge >= 0.3 is 0 Å². The number of rotatable bonds is 3. The van der Waals surface area contributed by atoms with Crippen LogP contribution in [0.1, 0.15) is 12.8 Å². The van der Waals surface area contributed by atoms with E-state index in [-0.39, 0.29) is 5.91 Å². The Balaban J connectivity index is 2.15. The smallest absolute Gasteiger partial charge is 0.229 e. The van der Waals surface area contributed by atoms with Crippen LogP contribution in [0.5, 0.6) is 0 Å². The molecule has 1 fully saturated rings. The molecule has 1 amide bonds. The molecule has 1 aliphatic rings. The number of carbonyl (C=O) groups is 1. The van der Waals surface area contributed by atoms with Crippen LogP contribution in [-0.2, 0) is 14.8 Å². The zero-order valence-corrected chi connectivity index (χ0v) is 10.3. The minimum absolute atomic E-state index is 0.119. The van der Waals surface area contributed by atoms with Gasteiger partial charge in [-0.2, -0.15) is 0 Å². The maximum atomic E-state index is 11.5. The first-order valence-corrected chi connectivity index (χ1v) is 7.23. The zero-order chi connectivity index (χ0) is 12.5. The molecule has 6 heteroatoms. The Bertz CT molecular complexity index is 522. The first-order chi connectivity index (χ1) is 7.96. The fourth-order valence-electron chi connectivity index (χ4n) is 1.84. The van der Waals surface area contributed by atoms with E-state index < -0.39 is 10.0 Å². The first kappa shape index (κ1) is 11.9. The first-order valence-electron chi connectivity index (χ1n) is 5.34. The molecular formula is C11H14N2O3S. The lowest BCUT2D eigenvalue weighted by Crippen LogP contribution is -2.23. The molecule has 0 aromatic heterocycles. The van der Waals surface area contributed by atoms with Gasteiger partial charge in [-0.05, 0) is 30.7 Å². The van der Waals surface area contributed by atoms with Gasteiger partial charge in [-0.3, -0.25) is 9.52 Å². The van der Waals surface area contributed by atoms with Crippen molar-refractivity contribution >= 4 is 27.3 Å². The Kier molecular flexibility index (Phi) is 3.06. The molecule has 1 saturated heterocycles. The van der Waals surface area contributed by atoms with Crippen molar-refractivity contribution in [1.82, 2.24) is 0 Å². The molecule has 1 aromatic rings. The highest BCUT2D eigenvalue weighted by Gasteiger charge is 2.21. The predicted octanol–water partition coefficient (Wildman–Crippen LogP) is 1.18. The standard InChI is InChI=1S/C11H14N2O3S/c1-17(15,16)12-9-4-6-10(7-5-9)13-8-2-3-11(13)14/h4-7,12H,2-3,8H2,1H3. The highest BCUT2D eigenvalue weighted by Crippen LogP contribution is 2.23. The molecule has 0 atom stereocenters. The number of nitrogens with one attached hydrogen (secondary N) is 1. The lowest BCUT2D eigenvalue weighted by atomic mass is 10.2. The second kappa shape index (κ2) is 4.37. The van der Waals surface area contributed by atoms with Gasteiger partial charge in [0.25, 0.3) is 0 Å². The maximum absolute atomic E-state index is 11.5. The van der Waals surface area contributed by atoms with E-state index in [0.717, 1.165) is 24.9 Å². The van der Waals surface area contributed by atoms with Crippen molar-refractivity contribution in [3.05, 3.63) is 24.3 Å². The molecule has 1 aliphatic heterocycles. The molecule has 0 radical (unpaired) electrons. The Labute approximate surface area is 100 Å². The summed E-state index contributed by atoms with van der Waals surface area (Å²) in [6.07, 6.45) is 2.57. The molecule has 0 bridgehead atoms. The fourth-order valence-corrected chi connectivity index (χ4v) is 2.41. The van der Waals surface area contributed by atoms with Crippen LogP contribution in [0.2, 0.25) is 0 Å². The van der Waals surface area contributed by atoms with Crippen LogP contribution in [0.15, 0.2) is 24.3 Å². The zero-order valence-electron chi connectivity index (χ0n) is 9.51. The lowest BCUT2D eigenvalue weighted by Gasteiger charge is -2.15. The van der Waals surface area contributed by atoms with Crippen molar-refractivity contribution in [2.75, 3.05) is 22.4 Å². The van der Waals surface area contributed by atoms with E-state index >= 15 is 0 Å². The normalized spacial score (nSPS) is 16.3. The summed E-state index contributed by atoms with van der Waals surface area (Å²) in [5.41, 5.74) is 1.31. The number of sulfonamides is 1. The summed E-state index contributed by atoms with van der Waals surface area (Å²) in [6.45, 7) is 0.734. The summed E-state index contributed by atoms with van der Waals surface area (Å²) < 4.78 is 24.4. The number of hydrogen-bond acceptors (Lipinski definition) is 3. The van der Waals surface area contributed by atoms with Crippen LogP contribution in [0.4, 0.5) is 11.4 Å². The van der Waals surface area contributed by atoms with Crippen molar-refractivity contribution in [2.24, 2.45) is 0 Å². The average Bonchev–Trinajstić information content (AvgIpc) is 2.63. The average molecular weight is 254 g/mol. The minimum Gasteiger partial charge on any atom is -0.312 e. The van der Waals surface area contributed by atoms with Gasteiger partial charge in [0.05, 0.1) is 6.26 Å². The predicted molar refractivity (Wildman–Crippen MR) is 66.5 cm³/mol. The summed E-state index contributed by atoms with van der Waals surface area (Å²) >= 11 is 0. The molecule has 1 N–H and O–H groups in total. The molecule has 1 heterocycles. The SMILES string of the molecule is CS(=O)(=O)Nc1ccc(N2CCCC2=O)cc1. The van der Waals surface area contributed by atoms with E-state index in [1.54, 1.807) is 29.2 Å². The van der Waals surface area contributed by atoms with Gasteiger partial charge in [0.1, 0.15) is 0 Å². The van der Waals surface area contributed by atoms with Gasteiger partial charge in [0.2, 0.25) is 15.9 Å². The van der Waals surface area contributed by atoms with Gasteiger partial charge < -0.3 is 4.90 Å². The van der Waals surface area contributed by atoms with Crippen LogP contribution in [0.25, 0.3) is 0 Å². The highest BCUT2D eigenvalue weighted by molar-refractivity contribution is 7.92.